The van der Waals surface area contributed by atoms with E-state index in [1.54, 1.807) is 31.3 Å². The molecule has 0 bridgehead atoms. The summed E-state index contributed by atoms with van der Waals surface area (Å²) in [7, 11) is 1.69. The second-order valence-corrected chi connectivity index (χ2v) is 8.75. The summed E-state index contributed by atoms with van der Waals surface area (Å²) in [5, 5.41) is 9.33. The molecule has 172 valence electrons. The molecule has 8 heteroatoms. The number of nitrogens with zero attached hydrogens (tertiary/aromatic N) is 5. The van der Waals surface area contributed by atoms with E-state index in [4.69, 9.17) is 0 Å². The molecule has 4 rings (SSSR count). The first-order valence-corrected chi connectivity index (χ1v) is 11.1. The van der Waals surface area contributed by atoms with E-state index in [2.05, 4.69) is 34.7 Å². The van der Waals surface area contributed by atoms with Gasteiger partial charge >= 0.3 is 0 Å². The first-order valence-electron chi connectivity index (χ1n) is 11.1. The quantitative estimate of drug-likeness (QED) is 0.597. The van der Waals surface area contributed by atoms with Crippen LogP contribution in [0.5, 0.6) is 0 Å². The van der Waals surface area contributed by atoms with E-state index in [-0.39, 0.29) is 23.7 Å². The number of rotatable bonds is 4. The molecule has 3 aromatic rings. The Bertz CT molecular complexity index is 1300. The molecule has 1 fully saturated rings. The summed E-state index contributed by atoms with van der Waals surface area (Å²) in [5.41, 5.74) is 2.92. The normalized spacial score (nSPS) is 20.1. The van der Waals surface area contributed by atoms with Crippen molar-refractivity contribution in [2.24, 2.45) is 7.05 Å². The first-order chi connectivity index (χ1) is 15.7. The molecule has 3 heterocycles. The Kier molecular flexibility index (Phi) is 6.17. The highest BCUT2D eigenvalue weighted by molar-refractivity contribution is 5.89. The van der Waals surface area contributed by atoms with Gasteiger partial charge in [0.1, 0.15) is 17.3 Å². The van der Waals surface area contributed by atoms with Gasteiger partial charge in [0.25, 0.3) is 5.56 Å². The van der Waals surface area contributed by atoms with Crippen LogP contribution in [0.4, 0.5) is 14.5 Å². The highest BCUT2D eigenvalue weighted by atomic mass is 19.2. The van der Waals surface area contributed by atoms with Gasteiger partial charge in [-0.25, -0.2) is 13.8 Å². The van der Waals surface area contributed by atoms with Crippen LogP contribution in [-0.2, 0) is 7.05 Å². The van der Waals surface area contributed by atoms with E-state index >= 15 is 0 Å². The molecule has 1 saturated heterocycles. The molecule has 0 spiro atoms. The van der Waals surface area contributed by atoms with Gasteiger partial charge in [0.05, 0.1) is 11.2 Å². The lowest BCUT2D eigenvalue weighted by atomic mass is 9.97. The fourth-order valence-electron chi connectivity index (χ4n) is 4.90. The standard InChI is InChI=1S/C25H27F2N5O/c1-5-21(17-6-8-19(26)20(27)10-17)31-13-16(3)32(14-15(31)2)23-11-24(33)30(4)22-9-7-18(12-28)29-25(22)23/h6-11,15-16,21H,5,13-14H2,1-4H3/t15?,16-,21?/m0/s1. The minimum Gasteiger partial charge on any atom is -0.364 e. The third-order valence-electron chi connectivity index (χ3n) is 6.64. The van der Waals surface area contributed by atoms with Crippen LogP contribution in [0.25, 0.3) is 11.0 Å². The fraction of sp³-hybridized carbons (Fsp3) is 0.400. The zero-order chi connectivity index (χ0) is 23.9. The molecule has 33 heavy (non-hydrogen) atoms. The molecule has 0 saturated carbocycles. The van der Waals surface area contributed by atoms with E-state index < -0.39 is 11.6 Å². The van der Waals surface area contributed by atoms with Gasteiger partial charge in [-0.05, 0) is 50.1 Å². The van der Waals surface area contributed by atoms with Crippen molar-refractivity contribution in [1.29, 1.82) is 5.26 Å². The van der Waals surface area contributed by atoms with Crippen LogP contribution in [0.1, 0.15) is 44.5 Å². The number of halogens is 2. The van der Waals surface area contributed by atoms with Gasteiger partial charge in [-0.2, -0.15) is 5.26 Å². The largest absolute Gasteiger partial charge is 0.364 e. The van der Waals surface area contributed by atoms with E-state index in [0.29, 0.717) is 35.5 Å². The second kappa shape index (κ2) is 8.91. The molecule has 1 aromatic carbocycles. The second-order valence-electron chi connectivity index (χ2n) is 8.75. The first kappa shape index (κ1) is 22.9. The molecule has 0 aliphatic carbocycles. The Balaban J connectivity index is 1.71. The van der Waals surface area contributed by atoms with Gasteiger partial charge < -0.3 is 9.47 Å². The minimum absolute atomic E-state index is 0.0309. The molecule has 2 aromatic heterocycles. The number of hydrogen-bond acceptors (Lipinski definition) is 5. The van der Waals surface area contributed by atoms with Gasteiger partial charge in [-0.3, -0.25) is 9.69 Å². The predicted octanol–water partition coefficient (Wildman–Crippen LogP) is 4.13. The Labute approximate surface area is 191 Å². The van der Waals surface area contributed by atoms with Crippen molar-refractivity contribution in [2.75, 3.05) is 18.0 Å². The summed E-state index contributed by atoms with van der Waals surface area (Å²) >= 11 is 0. The molecule has 6 nitrogen and oxygen atoms in total. The number of piperazine rings is 1. The van der Waals surface area contributed by atoms with Crippen LogP contribution in [0, 0.1) is 23.0 Å². The summed E-state index contributed by atoms with van der Waals surface area (Å²) in [6, 6.07) is 11.2. The van der Waals surface area contributed by atoms with E-state index in [9.17, 15) is 18.8 Å². The topological polar surface area (TPSA) is 65.2 Å². The molecular formula is C25H27F2N5O. The van der Waals surface area contributed by atoms with Crippen molar-refractivity contribution < 1.29 is 8.78 Å². The lowest BCUT2D eigenvalue weighted by Crippen LogP contribution is -2.57. The highest BCUT2D eigenvalue weighted by Gasteiger charge is 2.34. The van der Waals surface area contributed by atoms with Crippen molar-refractivity contribution in [2.45, 2.75) is 45.3 Å². The SMILES string of the molecule is CCC(c1ccc(F)c(F)c1)N1C[C@H](C)N(c2cc(=O)n(C)c3ccc(C#N)nc23)CC1C. The number of fused-ring (bicyclic) bond motifs is 1. The van der Waals surface area contributed by atoms with Crippen molar-refractivity contribution in [3.63, 3.8) is 0 Å². The molecule has 1 aliphatic heterocycles. The zero-order valence-corrected chi connectivity index (χ0v) is 19.2. The Hall–Kier alpha value is -3.31. The smallest absolute Gasteiger partial charge is 0.252 e. The van der Waals surface area contributed by atoms with Crippen LogP contribution < -0.4 is 10.5 Å². The number of anilines is 1. The van der Waals surface area contributed by atoms with Gasteiger partial charge in [-0.15, -0.1) is 0 Å². The molecular weight excluding hydrogens is 424 g/mol. The third-order valence-corrected chi connectivity index (χ3v) is 6.64. The lowest BCUT2D eigenvalue weighted by Gasteiger charge is -2.48. The Morgan fingerprint density at radius 1 is 1.12 bits per heavy atom. The summed E-state index contributed by atoms with van der Waals surface area (Å²) in [6.45, 7) is 7.51. The summed E-state index contributed by atoms with van der Waals surface area (Å²) in [4.78, 5) is 21.7. The van der Waals surface area contributed by atoms with Crippen LogP contribution in [-0.4, -0.2) is 39.6 Å². The van der Waals surface area contributed by atoms with Crippen molar-refractivity contribution in [1.82, 2.24) is 14.5 Å². The number of pyridine rings is 2. The molecule has 0 amide bonds. The number of aromatic nitrogens is 2. The van der Waals surface area contributed by atoms with Gasteiger partial charge in [0, 0.05) is 44.3 Å². The van der Waals surface area contributed by atoms with E-state index in [1.165, 1.54) is 16.7 Å². The molecule has 0 N–H and O–H groups in total. The Morgan fingerprint density at radius 2 is 1.88 bits per heavy atom. The Morgan fingerprint density at radius 3 is 2.55 bits per heavy atom. The maximum Gasteiger partial charge on any atom is 0.252 e. The summed E-state index contributed by atoms with van der Waals surface area (Å²) in [5.74, 6) is -1.68. The maximum absolute atomic E-state index is 13.9. The van der Waals surface area contributed by atoms with Crippen LogP contribution in [0.2, 0.25) is 0 Å². The number of nitriles is 1. The van der Waals surface area contributed by atoms with Crippen LogP contribution >= 0.6 is 0 Å². The summed E-state index contributed by atoms with van der Waals surface area (Å²) in [6.07, 6.45) is 0.754. The predicted molar refractivity (Wildman–Crippen MR) is 124 cm³/mol. The van der Waals surface area contributed by atoms with Crippen molar-refractivity contribution >= 4 is 16.7 Å². The molecule has 3 atom stereocenters. The molecule has 0 radical (unpaired) electrons. The number of hydrogen-bond donors (Lipinski definition) is 0. The van der Waals surface area contributed by atoms with Crippen LogP contribution in [0.15, 0.2) is 41.2 Å². The maximum atomic E-state index is 13.9. The third kappa shape index (κ3) is 4.09. The van der Waals surface area contributed by atoms with Crippen molar-refractivity contribution in [3.05, 3.63) is 69.6 Å². The summed E-state index contributed by atoms with van der Waals surface area (Å²) < 4.78 is 28.9. The molecule has 1 aliphatic rings. The average molecular weight is 452 g/mol. The zero-order valence-electron chi connectivity index (χ0n) is 19.2. The van der Waals surface area contributed by atoms with Crippen molar-refractivity contribution in [3.8, 4) is 6.07 Å². The fourth-order valence-corrected chi connectivity index (χ4v) is 4.90. The molecule has 2 unspecified atom stereocenters. The number of benzene rings is 1. The lowest BCUT2D eigenvalue weighted by molar-refractivity contribution is 0.107. The van der Waals surface area contributed by atoms with Crippen LogP contribution in [0.3, 0.4) is 0 Å². The van der Waals surface area contributed by atoms with E-state index in [1.807, 2.05) is 6.92 Å². The van der Waals surface area contributed by atoms with Gasteiger partial charge in [0.15, 0.2) is 11.6 Å². The highest BCUT2D eigenvalue weighted by Crippen LogP contribution is 2.34. The monoisotopic (exact) mass is 451 g/mol. The number of aryl methyl sites for hydroxylation is 1. The average Bonchev–Trinajstić information content (AvgIpc) is 2.80. The van der Waals surface area contributed by atoms with Gasteiger partial charge in [0.2, 0.25) is 0 Å². The minimum atomic E-state index is -0.846. The van der Waals surface area contributed by atoms with Gasteiger partial charge in [-0.1, -0.05) is 13.0 Å². The van der Waals surface area contributed by atoms with E-state index in [0.717, 1.165) is 12.0 Å².